The molecule has 2 aromatic carbocycles. The second-order valence-corrected chi connectivity index (χ2v) is 5.69. The molecule has 0 bridgehead atoms. The van der Waals surface area contributed by atoms with Crippen molar-refractivity contribution in [2.75, 3.05) is 0 Å². The summed E-state index contributed by atoms with van der Waals surface area (Å²) in [6.07, 6.45) is 9.79. The van der Waals surface area contributed by atoms with E-state index in [0.717, 1.165) is 6.42 Å². The molecule has 0 radical (unpaired) electrons. The Morgan fingerprint density at radius 2 is 1.82 bits per heavy atom. The number of rotatable bonds is 1. The van der Waals surface area contributed by atoms with Gasteiger partial charge in [0, 0.05) is 26.2 Å². The minimum absolute atomic E-state index is 0. The van der Waals surface area contributed by atoms with Crippen molar-refractivity contribution in [3.05, 3.63) is 83.0 Å². The number of fused-ring (bicyclic) bond motifs is 3. The van der Waals surface area contributed by atoms with Gasteiger partial charge < -0.3 is 0 Å². The number of aryl methyl sites for hydroxylation is 1. The number of benzene rings is 2. The zero-order chi connectivity index (χ0) is 14.4. The molecule has 0 aliphatic heterocycles. The summed E-state index contributed by atoms with van der Waals surface area (Å²) in [6, 6.07) is 14.7. The van der Waals surface area contributed by atoms with Crippen LogP contribution in [-0.2, 0) is 26.2 Å². The average Bonchev–Trinajstić information content (AvgIpc) is 3.12. The van der Waals surface area contributed by atoms with Gasteiger partial charge in [0.15, 0.2) is 0 Å². The van der Waals surface area contributed by atoms with E-state index in [1.165, 1.54) is 44.5 Å². The van der Waals surface area contributed by atoms with E-state index in [9.17, 15) is 0 Å². The first-order valence-corrected chi connectivity index (χ1v) is 7.49. The third-order valence-corrected chi connectivity index (χ3v) is 4.43. The third kappa shape index (κ3) is 2.23. The fourth-order valence-corrected chi connectivity index (χ4v) is 3.43. The fraction of sp³-hybridized carbons (Fsp3) is 0.143. The largest absolute Gasteiger partial charge is 0.118 e. The van der Waals surface area contributed by atoms with Gasteiger partial charge in [-0.15, -0.1) is 40.5 Å². The maximum Gasteiger partial charge on any atom is 0 e. The van der Waals surface area contributed by atoms with E-state index in [0.29, 0.717) is 0 Å². The molecule has 1 heteroatoms. The Hall–Kier alpha value is -1.46. The summed E-state index contributed by atoms with van der Waals surface area (Å²) < 4.78 is 0. The summed E-state index contributed by atoms with van der Waals surface area (Å²) in [6.45, 7) is 4.31. The van der Waals surface area contributed by atoms with Crippen LogP contribution >= 0.6 is 0 Å². The van der Waals surface area contributed by atoms with Gasteiger partial charge in [-0.2, -0.15) is 0 Å². The molecule has 0 saturated carbocycles. The molecule has 0 unspecified atom stereocenters. The molecule has 22 heavy (non-hydrogen) atoms. The van der Waals surface area contributed by atoms with Gasteiger partial charge in [0.05, 0.1) is 0 Å². The van der Waals surface area contributed by atoms with Crippen molar-refractivity contribution >= 4 is 11.1 Å². The first-order valence-electron chi connectivity index (χ1n) is 7.49. The zero-order valence-corrected chi connectivity index (χ0v) is 15.4. The third-order valence-electron chi connectivity index (χ3n) is 4.43. The van der Waals surface area contributed by atoms with E-state index in [-0.39, 0.29) is 26.2 Å². The first-order chi connectivity index (χ1) is 10.3. The summed E-state index contributed by atoms with van der Waals surface area (Å²) in [7, 11) is 0. The fourth-order valence-electron chi connectivity index (χ4n) is 3.43. The minimum Gasteiger partial charge on any atom is -0.118 e. The van der Waals surface area contributed by atoms with Gasteiger partial charge >= 0.3 is 0 Å². The molecule has 2 aromatic rings. The molecular formula is C21H17Zr-. The van der Waals surface area contributed by atoms with E-state index in [1.54, 1.807) is 0 Å². The molecule has 0 fully saturated rings. The predicted molar refractivity (Wildman–Crippen MR) is 89.9 cm³/mol. The van der Waals surface area contributed by atoms with Crippen LogP contribution in [0.1, 0.15) is 35.6 Å². The maximum absolute atomic E-state index is 3.71. The van der Waals surface area contributed by atoms with Gasteiger partial charge in [-0.25, -0.2) is 0 Å². The number of allylic oxidation sites excluding steroid dienone is 5. The van der Waals surface area contributed by atoms with Crippen LogP contribution < -0.4 is 0 Å². The molecule has 0 N–H and O–H groups in total. The summed E-state index contributed by atoms with van der Waals surface area (Å²) in [5.74, 6) is 0. The normalized spacial score (nSPS) is 16.3. The number of hydrogen-bond donors (Lipinski definition) is 0. The summed E-state index contributed by atoms with van der Waals surface area (Å²) in [4.78, 5) is 0. The topological polar surface area (TPSA) is 0 Å². The Balaban J connectivity index is 0.00000144. The van der Waals surface area contributed by atoms with Crippen molar-refractivity contribution in [2.24, 2.45) is 0 Å². The van der Waals surface area contributed by atoms with Gasteiger partial charge in [-0.05, 0) is 6.42 Å². The molecule has 0 amide bonds. The Bertz CT molecular complexity index is 835. The van der Waals surface area contributed by atoms with Crippen LogP contribution in [0.15, 0.2) is 54.6 Å². The van der Waals surface area contributed by atoms with E-state index in [4.69, 9.17) is 0 Å². The van der Waals surface area contributed by atoms with E-state index >= 15 is 0 Å². The Morgan fingerprint density at radius 3 is 2.50 bits per heavy atom. The van der Waals surface area contributed by atoms with Gasteiger partial charge in [-0.1, -0.05) is 78.6 Å². The van der Waals surface area contributed by atoms with E-state index < -0.39 is 0 Å². The summed E-state index contributed by atoms with van der Waals surface area (Å²) >= 11 is 0. The molecule has 4 rings (SSSR count). The van der Waals surface area contributed by atoms with Crippen molar-refractivity contribution in [1.82, 2.24) is 0 Å². The van der Waals surface area contributed by atoms with Crippen LogP contribution in [0.25, 0.3) is 22.3 Å². The van der Waals surface area contributed by atoms with E-state index in [1.807, 2.05) is 0 Å². The smallest absolute Gasteiger partial charge is 0 e. The molecule has 2 aliphatic rings. The van der Waals surface area contributed by atoms with Crippen LogP contribution in [-0.4, -0.2) is 0 Å². The van der Waals surface area contributed by atoms with Crippen molar-refractivity contribution in [2.45, 2.75) is 20.3 Å². The zero-order valence-electron chi connectivity index (χ0n) is 12.9. The SMILES string of the molecule is C/C=C1/c2[c-]c(C3=CC=CC3)c(C)cc2-c2ccccc21.[Zr]. The standard InChI is InChI=1S/C21H17.Zr/c1-3-16-17-10-6-7-11-18(17)20-12-14(2)19(13-21(16)20)15-8-4-5-9-15;/h3-8,10-12H,9H2,1-2H3;/q-1;/b16-3+;. The number of hydrogen-bond acceptors (Lipinski definition) is 0. The van der Waals surface area contributed by atoms with Crippen molar-refractivity contribution in [3.63, 3.8) is 0 Å². The molecule has 0 spiro atoms. The second-order valence-electron chi connectivity index (χ2n) is 5.69. The van der Waals surface area contributed by atoms with Crippen LogP contribution in [0.2, 0.25) is 0 Å². The quantitative estimate of drug-likeness (QED) is 0.498. The van der Waals surface area contributed by atoms with Crippen LogP contribution in [0, 0.1) is 13.0 Å². The predicted octanol–water partition coefficient (Wildman–Crippen LogP) is 5.57. The molecule has 0 nitrogen and oxygen atoms in total. The Kier molecular flexibility index (Phi) is 4.19. The molecule has 0 heterocycles. The second kappa shape index (κ2) is 5.97. The van der Waals surface area contributed by atoms with Crippen LogP contribution in [0.5, 0.6) is 0 Å². The molecule has 0 aromatic heterocycles. The molecule has 0 saturated heterocycles. The average molecular weight is 361 g/mol. The van der Waals surface area contributed by atoms with Gasteiger partial charge in [0.25, 0.3) is 0 Å². The minimum atomic E-state index is 0. The molecule has 2 aliphatic carbocycles. The van der Waals surface area contributed by atoms with Crippen molar-refractivity contribution in [1.29, 1.82) is 0 Å². The van der Waals surface area contributed by atoms with Crippen LogP contribution in [0.4, 0.5) is 0 Å². The van der Waals surface area contributed by atoms with Gasteiger partial charge in [0.2, 0.25) is 0 Å². The van der Waals surface area contributed by atoms with E-state index in [2.05, 4.69) is 74.5 Å². The van der Waals surface area contributed by atoms with Gasteiger partial charge in [0.1, 0.15) is 0 Å². The molecule has 106 valence electrons. The Morgan fingerprint density at radius 1 is 1.05 bits per heavy atom. The monoisotopic (exact) mass is 359 g/mol. The van der Waals surface area contributed by atoms with Crippen molar-refractivity contribution < 1.29 is 26.2 Å². The van der Waals surface area contributed by atoms with Gasteiger partial charge in [-0.3, -0.25) is 0 Å². The molecular weight excluding hydrogens is 343 g/mol. The summed E-state index contributed by atoms with van der Waals surface area (Å²) in [5.41, 5.74) is 10.5. The Labute approximate surface area is 151 Å². The first kappa shape index (κ1) is 15.4. The molecule has 0 atom stereocenters. The van der Waals surface area contributed by atoms with Crippen LogP contribution in [0.3, 0.4) is 0 Å². The summed E-state index contributed by atoms with van der Waals surface area (Å²) in [5, 5.41) is 0. The maximum atomic E-state index is 3.71. The van der Waals surface area contributed by atoms with Crippen molar-refractivity contribution in [3.8, 4) is 11.1 Å².